The minimum absolute atomic E-state index is 0.187. The lowest BCUT2D eigenvalue weighted by molar-refractivity contribution is 0.574. The first-order valence-corrected chi connectivity index (χ1v) is 10.2. The van der Waals surface area contributed by atoms with Gasteiger partial charge in [-0.25, -0.2) is 13.1 Å². The quantitative estimate of drug-likeness (QED) is 0.636. The zero-order chi connectivity index (χ0) is 15.7. The molecule has 1 aromatic carbocycles. The fourth-order valence-corrected chi connectivity index (χ4v) is 3.79. The van der Waals surface area contributed by atoms with E-state index in [4.69, 9.17) is 17.3 Å². The zero-order valence-corrected chi connectivity index (χ0v) is 14.7. The molecule has 0 spiro atoms. The summed E-state index contributed by atoms with van der Waals surface area (Å²) in [6, 6.07) is 4.64. The van der Waals surface area contributed by atoms with E-state index >= 15 is 0 Å². The fraction of sp³-hybridized carbons (Fsp3) is 0.571. The molecule has 0 bridgehead atoms. The van der Waals surface area contributed by atoms with Gasteiger partial charge in [0.2, 0.25) is 10.0 Å². The van der Waals surface area contributed by atoms with E-state index in [1.807, 2.05) is 11.8 Å². The van der Waals surface area contributed by atoms with E-state index in [1.54, 1.807) is 6.07 Å². The molecular formula is C14H23ClN2O2S2. The van der Waals surface area contributed by atoms with Crippen LogP contribution in [0.25, 0.3) is 0 Å². The summed E-state index contributed by atoms with van der Waals surface area (Å²) >= 11 is 7.83. The second kappa shape index (κ2) is 9.69. The second-order valence-corrected chi connectivity index (χ2v) is 7.92. The normalized spacial score (nSPS) is 11.8. The number of benzene rings is 1. The molecule has 0 aliphatic heterocycles. The largest absolute Gasteiger partial charge is 0.326 e. The Bertz CT molecular complexity index is 536. The third kappa shape index (κ3) is 6.57. The van der Waals surface area contributed by atoms with Crippen molar-refractivity contribution in [2.24, 2.45) is 5.73 Å². The highest BCUT2D eigenvalue weighted by Crippen LogP contribution is 2.20. The molecule has 1 rings (SSSR count). The van der Waals surface area contributed by atoms with E-state index in [-0.39, 0.29) is 4.90 Å². The number of unbranched alkanes of at least 4 members (excludes halogenated alkanes) is 3. The molecule has 0 heterocycles. The van der Waals surface area contributed by atoms with E-state index in [1.165, 1.54) is 18.6 Å². The molecule has 7 heteroatoms. The Morgan fingerprint density at radius 1 is 1.24 bits per heavy atom. The van der Waals surface area contributed by atoms with Gasteiger partial charge in [0.1, 0.15) is 0 Å². The molecule has 0 saturated carbocycles. The van der Waals surface area contributed by atoms with Crippen molar-refractivity contribution in [2.45, 2.75) is 37.1 Å². The van der Waals surface area contributed by atoms with Crippen LogP contribution >= 0.6 is 23.4 Å². The van der Waals surface area contributed by atoms with Gasteiger partial charge in [-0.3, -0.25) is 0 Å². The third-order valence-corrected chi connectivity index (χ3v) is 5.63. The summed E-state index contributed by atoms with van der Waals surface area (Å²) in [6.07, 6.45) is 6.30. The van der Waals surface area contributed by atoms with Gasteiger partial charge in [-0.1, -0.05) is 30.5 Å². The first-order valence-electron chi connectivity index (χ1n) is 6.98. The van der Waals surface area contributed by atoms with Crippen molar-refractivity contribution < 1.29 is 8.42 Å². The van der Waals surface area contributed by atoms with Crippen LogP contribution in [0.15, 0.2) is 23.1 Å². The highest BCUT2D eigenvalue weighted by atomic mass is 35.5. The van der Waals surface area contributed by atoms with Crippen LogP contribution in [0.1, 0.15) is 31.2 Å². The number of thioether (sulfide) groups is 1. The van der Waals surface area contributed by atoms with Crippen molar-refractivity contribution in [1.82, 2.24) is 4.72 Å². The fourth-order valence-electron chi connectivity index (χ4n) is 1.88. The lowest BCUT2D eigenvalue weighted by Gasteiger charge is -2.08. The second-order valence-electron chi connectivity index (χ2n) is 4.76. The number of hydrogen-bond donors (Lipinski definition) is 2. The van der Waals surface area contributed by atoms with E-state index < -0.39 is 10.0 Å². The van der Waals surface area contributed by atoms with Crippen LogP contribution in [-0.2, 0) is 16.6 Å². The van der Waals surface area contributed by atoms with Gasteiger partial charge in [0.15, 0.2) is 0 Å². The summed E-state index contributed by atoms with van der Waals surface area (Å²) in [5.41, 5.74) is 6.25. The number of rotatable bonds is 10. The average molecular weight is 351 g/mol. The molecule has 0 unspecified atom stereocenters. The van der Waals surface area contributed by atoms with Crippen molar-refractivity contribution in [1.29, 1.82) is 0 Å². The summed E-state index contributed by atoms with van der Waals surface area (Å²) < 4.78 is 26.8. The summed E-state index contributed by atoms with van der Waals surface area (Å²) in [4.78, 5) is 0.187. The van der Waals surface area contributed by atoms with Gasteiger partial charge in [-0.15, -0.1) is 0 Å². The first-order chi connectivity index (χ1) is 10.0. The smallest absolute Gasteiger partial charge is 0.240 e. The lowest BCUT2D eigenvalue weighted by atomic mass is 10.2. The monoisotopic (exact) mass is 350 g/mol. The zero-order valence-electron chi connectivity index (χ0n) is 12.3. The summed E-state index contributed by atoms with van der Waals surface area (Å²) in [6.45, 7) is 0.750. The SMILES string of the molecule is CSCCCCCCNS(=O)(=O)c1ccc(CN)c(Cl)c1. The Hall–Kier alpha value is -0.270. The molecule has 4 nitrogen and oxygen atoms in total. The van der Waals surface area contributed by atoms with Gasteiger partial charge in [-0.2, -0.15) is 11.8 Å². The number of nitrogens with two attached hydrogens (primary N) is 1. The summed E-state index contributed by atoms with van der Waals surface area (Å²) in [5, 5.41) is 0.387. The number of halogens is 1. The van der Waals surface area contributed by atoms with Gasteiger partial charge in [0.25, 0.3) is 0 Å². The molecule has 0 radical (unpaired) electrons. The van der Waals surface area contributed by atoms with E-state index in [2.05, 4.69) is 11.0 Å². The Morgan fingerprint density at radius 2 is 1.95 bits per heavy atom. The van der Waals surface area contributed by atoms with Crippen molar-refractivity contribution in [2.75, 3.05) is 18.6 Å². The van der Waals surface area contributed by atoms with Crippen LogP contribution in [0.4, 0.5) is 0 Å². The van der Waals surface area contributed by atoms with Crippen molar-refractivity contribution in [3.63, 3.8) is 0 Å². The maximum absolute atomic E-state index is 12.1. The van der Waals surface area contributed by atoms with Gasteiger partial charge in [0.05, 0.1) is 4.90 Å². The van der Waals surface area contributed by atoms with Gasteiger partial charge in [-0.05, 0) is 42.5 Å². The van der Waals surface area contributed by atoms with Gasteiger partial charge < -0.3 is 5.73 Å². The molecule has 1 aromatic rings. The summed E-state index contributed by atoms with van der Waals surface area (Å²) in [5.74, 6) is 1.16. The lowest BCUT2D eigenvalue weighted by Crippen LogP contribution is -2.24. The minimum Gasteiger partial charge on any atom is -0.326 e. The van der Waals surface area contributed by atoms with E-state index in [9.17, 15) is 8.42 Å². The molecular weight excluding hydrogens is 328 g/mol. The Labute approximate surface area is 136 Å². The van der Waals surface area contributed by atoms with E-state index in [0.29, 0.717) is 18.1 Å². The standard InChI is InChI=1S/C14H23ClN2O2S2/c1-20-9-5-3-2-4-8-17-21(18,19)13-7-6-12(11-16)14(15)10-13/h6-7,10,17H,2-5,8-9,11,16H2,1H3. The molecule has 0 fully saturated rings. The van der Waals surface area contributed by atoms with Crippen molar-refractivity contribution in [3.8, 4) is 0 Å². The van der Waals surface area contributed by atoms with Crippen molar-refractivity contribution >= 4 is 33.4 Å². The third-order valence-electron chi connectivity index (χ3n) is 3.12. The number of hydrogen-bond acceptors (Lipinski definition) is 4. The molecule has 0 aliphatic rings. The predicted octanol–water partition coefficient (Wildman–Crippen LogP) is 3.00. The Morgan fingerprint density at radius 3 is 2.57 bits per heavy atom. The Kier molecular flexibility index (Phi) is 8.66. The molecule has 0 aliphatic carbocycles. The molecule has 0 atom stereocenters. The number of nitrogens with one attached hydrogen (secondary N) is 1. The van der Waals surface area contributed by atoms with Crippen molar-refractivity contribution in [3.05, 3.63) is 28.8 Å². The number of sulfonamides is 1. The van der Waals surface area contributed by atoms with Crippen LogP contribution in [0.3, 0.4) is 0 Å². The minimum atomic E-state index is -3.48. The van der Waals surface area contributed by atoms with Crippen LogP contribution < -0.4 is 10.5 Å². The van der Waals surface area contributed by atoms with Gasteiger partial charge >= 0.3 is 0 Å². The molecule has 0 saturated heterocycles. The Balaban J connectivity index is 2.45. The maximum atomic E-state index is 12.1. The maximum Gasteiger partial charge on any atom is 0.240 e. The van der Waals surface area contributed by atoms with Crippen LogP contribution in [0, 0.1) is 0 Å². The molecule has 21 heavy (non-hydrogen) atoms. The molecule has 0 aromatic heterocycles. The van der Waals surface area contributed by atoms with Crippen LogP contribution in [0.5, 0.6) is 0 Å². The highest BCUT2D eigenvalue weighted by Gasteiger charge is 2.14. The van der Waals surface area contributed by atoms with Crippen LogP contribution in [0.2, 0.25) is 5.02 Å². The topological polar surface area (TPSA) is 72.2 Å². The highest BCUT2D eigenvalue weighted by molar-refractivity contribution is 7.98. The van der Waals surface area contributed by atoms with Gasteiger partial charge in [0, 0.05) is 18.1 Å². The van der Waals surface area contributed by atoms with E-state index in [0.717, 1.165) is 30.6 Å². The predicted molar refractivity (Wildman–Crippen MR) is 91.4 cm³/mol. The van der Waals surface area contributed by atoms with Crippen LogP contribution in [-0.4, -0.2) is 27.0 Å². The average Bonchev–Trinajstić information content (AvgIpc) is 2.46. The molecule has 0 amide bonds. The molecule has 120 valence electrons. The first kappa shape index (κ1) is 18.8. The summed E-state index contributed by atoms with van der Waals surface area (Å²) in [7, 11) is -3.48. The molecule has 3 N–H and O–H groups in total.